The predicted molar refractivity (Wildman–Crippen MR) is 68.8 cm³/mol. The number of aliphatic carboxylic acids is 1. The summed E-state index contributed by atoms with van der Waals surface area (Å²) in [6, 6.07) is 1.51. The first-order valence-corrected chi connectivity index (χ1v) is 5.93. The molecule has 1 rings (SSSR count). The van der Waals surface area contributed by atoms with Crippen molar-refractivity contribution in [1.82, 2.24) is 5.32 Å². The zero-order valence-corrected chi connectivity index (χ0v) is 11.2. The van der Waals surface area contributed by atoms with E-state index in [2.05, 4.69) is 5.32 Å². The Bertz CT molecular complexity index is 503. The molecule has 6 nitrogen and oxygen atoms in total. The van der Waals surface area contributed by atoms with Crippen LogP contribution in [0.4, 0.5) is 0 Å². The van der Waals surface area contributed by atoms with E-state index in [1.165, 1.54) is 19.1 Å². The Kier molecular flexibility index (Phi) is 5.00. The predicted octanol–water partition coefficient (Wildman–Crippen LogP) is 1.65. The van der Waals surface area contributed by atoms with Crippen LogP contribution in [0.15, 0.2) is 12.1 Å². The number of aromatic hydroxyl groups is 1. The second-order valence-electron chi connectivity index (χ2n) is 3.77. The molecule has 0 aliphatic heterocycles. The average Bonchev–Trinajstić information content (AvgIpc) is 2.34. The molecular weight excluding hydrogens is 274 g/mol. The van der Waals surface area contributed by atoms with Crippen molar-refractivity contribution in [3.05, 3.63) is 22.7 Å². The molecule has 1 aromatic rings. The van der Waals surface area contributed by atoms with E-state index in [-0.39, 0.29) is 22.1 Å². The SMILES string of the molecule is CCOc1cc(C(=O)N[C@H](C)C(=O)O)cc(Cl)c1O. The van der Waals surface area contributed by atoms with Crippen LogP contribution in [0.2, 0.25) is 5.02 Å². The Morgan fingerprint density at radius 3 is 2.63 bits per heavy atom. The first kappa shape index (κ1) is 15.1. The molecule has 0 spiro atoms. The van der Waals surface area contributed by atoms with E-state index in [1.54, 1.807) is 6.92 Å². The summed E-state index contributed by atoms with van der Waals surface area (Å²) in [6.45, 7) is 3.35. The normalized spacial score (nSPS) is 11.7. The monoisotopic (exact) mass is 287 g/mol. The van der Waals surface area contributed by atoms with Gasteiger partial charge in [-0.3, -0.25) is 9.59 Å². The molecule has 0 heterocycles. The van der Waals surface area contributed by atoms with Crippen molar-refractivity contribution in [1.29, 1.82) is 0 Å². The van der Waals surface area contributed by atoms with Crippen LogP contribution < -0.4 is 10.1 Å². The van der Waals surface area contributed by atoms with E-state index in [9.17, 15) is 14.7 Å². The maximum Gasteiger partial charge on any atom is 0.325 e. The molecule has 0 saturated heterocycles. The van der Waals surface area contributed by atoms with Crippen LogP contribution in [0.25, 0.3) is 0 Å². The summed E-state index contributed by atoms with van der Waals surface area (Å²) < 4.78 is 5.13. The number of hydrogen-bond donors (Lipinski definition) is 3. The zero-order chi connectivity index (χ0) is 14.6. The largest absolute Gasteiger partial charge is 0.503 e. The highest BCUT2D eigenvalue weighted by atomic mass is 35.5. The number of carbonyl (C=O) groups is 2. The Labute approximate surface area is 114 Å². The van der Waals surface area contributed by atoms with Gasteiger partial charge in [0.2, 0.25) is 0 Å². The zero-order valence-electron chi connectivity index (χ0n) is 10.4. The lowest BCUT2D eigenvalue weighted by molar-refractivity contribution is -0.138. The lowest BCUT2D eigenvalue weighted by atomic mass is 10.1. The van der Waals surface area contributed by atoms with Crippen molar-refractivity contribution in [3.8, 4) is 11.5 Å². The third-order valence-corrected chi connectivity index (χ3v) is 2.60. The molecule has 104 valence electrons. The fraction of sp³-hybridized carbons (Fsp3) is 0.333. The van der Waals surface area contributed by atoms with Crippen LogP contribution in [0.5, 0.6) is 11.5 Å². The van der Waals surface area contributed by atoms with Gasteiger partial charge in [0, 0.05) is 5.56 Å². The Morgan fingerprint density at radius 2 is 2.11 bits per heavy atom. The van der Waals surface area contributed by atoms with Crippen molar-refractivity contribution in [2.45, 2.75) is 19.9 Å². The molecule has 7 heteroatoms. The van der Waals surface area contributed by atoms with Gasteiger partial charge in [-0.05, 0) is 26.0 Å². The number of carboxylic acids is 1. The van der Waals surface area contributed by atoms with E-state index in [0.29, 0.717) is 6.61 Å². The topological polar surface area (TPSA) is 95.9 Å². The van der Waals surface area contributed by atoms with Crippen molar-refractivity contribution < 1.29 is 24.5 Å². The van der Waals surface area contributed by atoms with Gasteiger partial charge in [0.05, 0.1) is 11.6 Å². The molecule has 0 unspecified atom stereocenters. The lowest BCUT2D eigenvalue weighted by Crippen LogP contribution is -2.38. The van der Waals surface area contributed by atoms with Crippen molar-refractivity contribution in [2.75, 3.05) is 6.61 Å². The summed E-state index contributed by atoms with van der Waals surface area (Å²) in [5, 5.41) is 20.6. The molecule has 0 aliphatic rings. The summed E-state index contributed by atoms with van der Waals surface area (Å²) in [5.74, 6) is -1.95. The summed E-state index contributed by atoms with van der Waals surface area (Å²) in [5.41, 5.74) is 0.111. The third-order valence-electron chi connectivity index (χ3n) is 2.31. The molecule has 0 saturated carbocycles. The van der Waals surface area contributed by atoms with Crippen molar-refractivity contribution in [2.24, 2.45) is 0 Å². The van der Waals surface area contributed by atoms with Gasteiger partial charge < -0.3 is 20.3 Å². The number of halogens is 1. The minimum absolute atomic E-state index is 0.0425. The molecule has 0 radical (unpaired) electrons. The number of amides is 1. The Balaban J connectivity index is 3.00. The first-order chi connectivity index (χ1) is 8.86. The summed E-state index contributed by atoms with van der Waals surface area (Å²) in [6.07, 6.45) is 0. The van der Waals surface area contributed by atoms with Gasteiger partial charge in [0.15, 0.2) is 11.5 Å². The number of carbonyl (C=O) groups excluding carboxylic acids is 1. The lowest BCUT2D eigenvalue weighted by Gasteiger charge is -2.12. The molecule has 1 aromatic carbocycles. The Morgan fingerprint density at radius 1 is 1.47 bits per heavy atom. The molecule has 3 N–H and O–H groups in total. The maximum absolute atomic E-state index is 11.8. The van der Waals surface area contributed by atoms with Gasteiger partial charge in [-0.1, -0.05) is 11.6 Å². The minimum Gasteiger partial charge on any atom is -0.503 e. The average molecular weight is 288 g/mol. The van der Waals surface area contributed by atoms with Crippen LogP contribution in [0.1, 0.15) is 24.2 Å². The molecule has 0 fully saturated rings. The summed E-state index contributed by atoms with van der Waals surface area (Å²) in [7, 11) is 0. The fourth-order valence-corrected chi connectivity index (χ4v) is 1.52. The number of carboxylic acid groups (broad SMARTS) is 1. The van der Waals surface area contributed by atoms with Gasteiger partial charge in [-0.15, -0.1) is 0 Å². The maximum atomic E-state index is 11.8. The van der Waals surface area contributed by atoms with Crippen molar-refractivity contribution in [3.63, 3.8) is 0 Å². The highest BCUT2D eigenvalue weighted by molar-refractivity contribution is 6.32. The van der Waals surface area contributed by atoms with E-state index < -0.39 is 17.9 Å². The number of hydrogen-bond acceptors (Lipinski definition) is 4. The van der Waals surface area contributed by atoms with E-state index in [1.807, 2.05) is 0 Å². The first-order valence-electron chi connectivity index (χ1n) is 5.55. The molecule has 0 bridgehead atoms. The van der Waals surface area contributed by atoms with Crippen LogP contribution in [0, 0.1) is 0 Å². The highest BCUT2D eigenvalue weighted by Gasteiger charge is 2.18. The smallest absolute Gasteiger partial charge is 0.325 e. The van der Waals surface area contributed by atoms with Gasteiger partial charge in [0.1, 0.15) is 6.04 Å². The molecule has 0 aromatic heterocycles. The van der Waals surface area contributed by atoms with Crippen LogP contribution in [-0.4, -0.2) is 34.7 Å². The molecule has 0 aliphatic carbocycles. The van der Waals surface area contributed by atoms with Gasteiger partial charge in [-0.25, -0.2) is 0 Å². The fourth-order valence-electron chi connectivity index (χ4n) is 1.31. The van der Waals surface area contributed by atoms with Crippen LogP contribution in [0.3, 0.4) is 0 Å². The second-order valence-corrected chi connectivity index (χ2v) is 4.18. The number of nitrogens with one attached hydrogen (secondary N) is 1. The standard InChI is InChI=1S/C12H14ClNO5/c1-3-19-9-5-7(4-8(13)10(9)15)11(16)14-6(2)12(17)18/h4-6,15H,3H2,1-2H3,(H,14,16)(H,17,18)/t6-/m1/s1. The van der Waals surface area contributed by atoms with E-state index in [4.69, 9.17) is 21.4 Å². The molecule has 1 atom stereocenters. The number of ether oxygens (including phenoxy) is 1. The Hall–Kier alpha value is -1.95. The van der Waals surface area contributed by atoms with Gasteiger partial charge in [-0.2, -0.15) is 0 Å². The number of phenolic OH excluding ortho intramolecular Hbond substituents is 1. The van der Waals surface area contributed by atoms with Gasteiger partial charge in [0.25, 0.3) is 5.91 Å². The van der Waals surface area contributed by atoms with Gasteiger partial charge >= 0.3 is 5.97 Å². The minimum atomic E-state index is -1.15. The van der Waals surface area contributed by atoms with Crippen LogP contribution in [-0.2, 0) is 4.79 Å². The molecule has 19 heavy (non-hydrogen) atoms. The van der Waals surface area contributed by atoms with E-state index >= 15 is 0 Å². The number of rotatable bonds is 5. The number of benzene rings is 1. The summed E-state index contributed by atoms with van der Waals surface area (Å²) in [4.78, 5) is 22.5. The molecule has 1 amide bonds. The molecular formula is C12H14ClNO5. The second kappa shape index (κ2) is 6.29. The highest BCUT2D eigenvalue weighted by Crippen LogP contribution is 2.35. The number of phenols is 1. The van der Waals surface area contributed by atoms with Crippen molar-refractivity contribution >= 4 is 23.5 Å². The third kappa shape index (κ3) is 3.75. The quantitative estimate of drug-likeness (QED) is 0.765. The van der Waals surface area contributed by atoms with E-state index in [0.717, 1.165) is 0 Å². The summed E-state index contributed by atoms with van der Waals surface area (Å²) >= 11 is 5.77. The van der Waals surface area contributed by atoms with Crippen LogP contribution >= 0.6 is 11.6 Å².